The van der Waals surface area contributed by atoms with E-state index in [2.05, 4.69) is 0 Å². The van der Waals surface area contributed by atoms with Crippen molar-refractivity contribution in [3.05, 3.63) is 68.9 Å². The van der Waals surface area contributed by atoms with Gasteiger partial charge in [-0.3, -0.25) is 4.79 Å². The molecule has 0 N–H and O–H groups in total. The highest BCUT2D eigenvalue weighted by atomic mass is 35.5. The van der Waals surface area contributed by atoms with Gasteiger partial charge in [-0.25, -0.2) is 0 Å². The quantitative estimate of drug-likeness (QED) is 0.572. The van der Waals surface area contributed by atoms with Gasteiger partial charge in [0.15, 0.2) is 5.76 Å². The lowest BCUT2D eigenvalue weighted by atomic mass is 10.1. The number of ketones is 1. The number of hydrogen-bond acceptors (Lipinski definition) is 2. The van der Waals surface area contributed by atoms with E-state index in [1.165, 1.54) is 6.07 Å². The maximum atomic E-state index is 12.4. The summed E-state index contributed by atoms with van der Waals surface area (Å²) in [5.41, 5.74) is 0.900. The molecule has 3 rings (SSSR count). The third-order valence-corrected chi connectivity index (χ3v) is 3.79. The smallest absolute Gasteiger partial charge is 0.229 e. The molecule has 0 radical (unpaired) electrons. The Balaban J connectivity index is 2.10. The van der Waals surface area contributed by atoms with Crippen LogP contribution in [0.3, 0.4) is 0 Å². The van der Waals surface area contributed by atoms with Crippen LogP contribution >= 0.6 is 34.8 Å². The summed E-state index contributed by atoms with van der Waals surface area (Å²) in [5.74, 6) is -0.115. The second kappa shape index (κ2) is 5.13. The molecule has 0 aliphatic rings. The minimum absolute atomic E-state index is 0.192. The Kier molecular flexibility index (Phi) is 3.47. The zero-order chi connectivity index (χ0) is 14.3. The maximum Gasteiger partial charge on any atom is 0.229 e. The lowest BCUT2D eigenvalue weighted by molar-refractivity contribution is 0.101. The molecular formula is C15H7Cl3O2. The standard InChI is InChI=1S/C15H7Cl3O2/c16-8-4-5-9(12(18)6-8)15(19)14-7-10-11(17)2-1-3-13(10)20-14/h1-7H. The molecule has 3 aromatic rings. The molecule has 0 unspecified atom stereocenters. The van der Waals surface area contributed by atoms with Gasteiger partial charge in [0.05, 0.1) is 10.0 Å². The van der Waals surface area contributed by atoms with Crippen LogP contribution in [0.2, 0.25) is 15.1 Å². The fraction of sp³-hybridized carbons (Fsp3) is 0. The van der Waals surface area contributed by atoms with Crippen LogP contribution in [-0.4, -0.2) is 5.78 Å². The van der Waals surface area contributed by atoms with E-state index in [-0.39, 0.29) is 16.6 Å². The monoisotopic (exact) mass is 324 g/mol. The van der Waals surface area contributed by atoms with Crippen LogP contribution < -0.4 is 0 Å². The molecule has 5 heteroatoms. The number of fused-ring (bicyclic) bond motifs is 1. The number of carbonyl (C=O) groups is 1. The second-order valence-corrected chi connectivity index (χ2v) is 5.47. The van der Waals surface area contributed by atoms with Crippen LogP contribution in [-0.2, 0) is 0 Å². The molecule has 0 saturated heterocycles. The zero-order valence-corrected chi connectivity index (χ0v) is 12.3. The summed E-state index contributed by atoms with van der Waals surface area (Å²) in [5, 5.41) is 1.99. The molecule has 0 fully saturated rings. The molecule has 0 spiro atoms. The van der Waals surface area contributed by atoms with E-state index >= 15 is 0 Å². The molecule has 0 bridgehead atoms. The summed E-state index contributed by atoms with van der Waals surface area (Å²) >= 11 is 17.9. The fourth-order valence-electron chi connectivity index (χ4n) is 1.94. The molecule has 1 heterocycles. The molecule has 0 amide bonds. The third kappa shape index (κ3) is 2.31. The Morgan fingerprint density at radius 3 is 2.45 bits per heavy atom. The average molecular weight is 326 g/mol. The lowest BCUT2D eigenvalue weighted by Gasteiger charge is -2.01. The van der Waals surface area contributed by atoms with Gasteiger partial charge in [0.1, 0.15) is 5.58 Å². The van der Waals surface area contributed by atoms with Crippen LogP contribution in [0.25, 0.3) is 11.0 Å². The van der Waals surface area contributed by atoms with Gasteiger partial charge in [-0.2, -0.15) is 0 Å². The highest BCUT2D eigenvalue weighted by molar-refractivity contribution is 6.38. The molecular weight excluding hydrogens is 319 g/mol. The van der Waals surface area contributed by atoms with E-state index in [4.69, 9.17) is 39.2 Å². The summed E-state index contributed by atoms with van der Waals surface area (Å²) in [6.45, 7) is 0. The van der Waals surface area contributed by atoms with Crippen molar-refractivity contribution < 1.29 is 9.21 Å². The first-order valence-electron chi connectivity index (χ1n) is 5.74. The van der Waals surface area contributed by atoms with E-state index in [1.807, 2.05) is 0 Å². The van der Waals surface area contributed by atoms with Crippen molar-refractivity contribution in [1.29, 1.82) is 0 Å². The minimum atomic E-state index is -0.307. The largest absolute Gasteiger partial charge is 0.453 e. The summed E-state index contributed by atoms with van der Waals surface area (Å²) in [4.78, 5) is 12.4. The van der Waals surface area contributed by atoms with Crippen molar-refractivity contribution in [2.24, 2.45) is 0 Å². The van der Waals surface area contributed by atoms with Crippen molar-refractivity contribution in [1.82, 2.24) is 0 Å². The van der Waals surface area contributed by atoms with Gasteiger partial charge < -0.3 is 4.42 Å². The lowest BCUT2D eigenvalue weighted by Crippen LogP contribution is -2.00. The molecule has 20 heavy (non-hydrogen) atoms. The fourth-order valence-corrected chi connectivity index (χ4v) is 2.66. The summed E-state index contributed by atoms with van der Waals surface area (Å²) < 4.78 is 5.52. The van der Waals surface area contributed by atoms with Gasteiger partial charge in [-0.15, -0.1) is 0 Å². The number of halogens is 3. The second-order valence-electron chi connectivity index (χ2n) is 4.22. The van der Waals surface area contributed by atoms with Crippen LogP contribution in [0, 0.1) is 0 Å². The number of rotatable bonds is 2. The van der Waals surface area contributed by atoms with E-state index in [0.29, 0.717) is 26.6 Å². The molecule has 2 aromatic carbocycles. The first kappa shape index (κ1) is 13.5. The van der Waals surface area contributed by atoms with Crippen molar-refractivity contribution in [2.75, 3.05) is 0 Å². The Morgan fingerprint density at radius 1 is 0.950 bits per heavy atom. The Bertz CT molecular complexity index is 821. The Labute approximate surface area is 129 Å². The number of carbonyl (C=O) groups excluding carboxylic acids is 1. The molecule has 1 aromatic heterocycles. The van der Waals surface area contributed by atoms with E-state index < -0.39 is 0 Å². The molecule has 0 atom stereocenters. The van der Waals surface area contributed by atoms with Gasteiger partial charge in [-0.1, -0.05) is 40.9 Å². The van der Waals surface area contributed by atoms with Gasteiger partial charge >= 0.3 is 0 Å². The first-order valence-corrected chi connectivity index (χ1v) is 6.87. The molecule has 0 aliphatic heterocycles. The van der Waals surface area contributed by atoms with Gasteiger partial charge in [-0.05, 0) is 36.4 Å². The predicted octanol–water partition coefficient (Wildman–Crippen LogP) is 5.62. The van der Waals surface area contributed by atoms with Gasteiger partial charge in [0.2, 0.25) is 5.78 Å². The normalized spacial score (nSPS) is 10.9. The Morgan fingerprint density at radius 2 is 1.75 bits per heavy atom. The SMILES string of the molecule is O=C(c1cc2c(Cl)cccc2o1)c1ccc(Cl)cc1Cl. The summed E-state index contributed by atoms with van der Waals surface area (Å²) in [7, 11) is 0. The summed E-state index contributed by atoms with van der Waals surface area (Å²) in [6.07, 6.45) is 0. The van der Waals surface area contributed by atoms with Crippen molar-refractivity contribution in [3.8, 4) is 0 Å². The van der Waals surface area contributed by atoms with Crippen LogP contribution in [0.15, 0.2) is 46.9 Å². The van der Waals surface area contributed by atoms with E-state index in [9.17, 15) is 4.79 Å². The zero-order valence-electron chi connectivity index (χ0n) is 9.99. The molecule has 2 nitrogen and oxygen atoms in total. The van der Waals surface area contributed by atoms with E-state index in [1.54, 1.807) is 36.4 Å². The highest BCUT2D eigenvalue weighted by Crippen LogP contribution is 2.29. The van der Waals surface area contributed by atoms with Crippen LogP contribution in [0.5, 0.6) is 0 Å². The van der Waals surface area contributed by atoms with Gasteiger partial charge in [0, 0.05) is 16.0 Å². The minimum Gasteiger partial charge on any atom is -0.453 e. The molecule has 0 saturated carbocycles. The molecule has 0 aliphatic carbocycles. The number of furan rings is 1. The number of hydrogen-bond donors (Lipinski definition) is 0. The number of benzene rings is 2. The Hall–Kier alpha value is -1.48. The molecule has 100 valence electrons. The predicted molar refractivity (Wildman–Crippen MR) is 81.1 cm³/mol. The van der Waals surface area contributed by atoms with Crippen LogP contribution in [0.4, 0.5) is 0 Å². The summed E-state index contributed by atoms with van der Waals surface area (Å²) in [6, 6.07) is 11.6. The third-order valence-electron chi connectivity index (χ3n) is 2.91. The van der Waals surface area contributed by atoms with Crippen molar-refractivity contribution >= 4 is 51.6 Å². The van der Waals surface area contributed by atoms with Crippen LogP contribution in [0.1, 0.15) is 16.1 Å². The first-order chi connectivity index (χ1) is 9.56. The van der Waals surface area contributed by atoms with E-state index in [0.717, 1.165) is 0 Å². The average Bonchev–Trinajstić information content (AvgIpc) is 2.83. The van der Waals surface area contributed by atoms with Gasteiger partial charge in [0.25, 0.3) is 0 Å². The topological polar surface area (TPSA) is 30.2 Å². The highest BCUT2D eigenvalue weighted by Gasteiger charge is 2.18. The maximum absolute atomic E-state index is 12.4. The van der Waals surface area contributed by atoms with Crippen molar-refractivity contribution in [3.63, 3.8) is 0 Å². The van der Waals surface area contributed by atoms with Crippen molar-refractivity contribution in [2.45, 2.75) is 0 Å².